The Balaban J connectivity index is 0.000000130. The minimum absolute atomic E-state index is 0.00296. The molecule has 8 aromatic rings. The van der Waals surface area contributed by atoms with Crippen LogP contribution >= 0.6 is 0 Å². The predicted molar refractivity (Wildman–Crippen MR) is 496 cm³/mol. The summed E-state index contributed by atoms with van der Waals surface area (Å²) in [5, 5.41) is 57.0. The van der Waals surface area contributed by atoms with Crippen molar-refractivity contribution in [1.82, 2.24) is 93.2 Å². The number of methoxy groups -OCH3 is 3. The van der Waals surface area contributed by atoms with Gasteiger partial charge in [-0.1, -0.05) is 78.6 Å². The lowest BCUT2D eigenvalue weighted by atomic mass is 9.89. The van der Waals surface area contributed by atoms with Crippen molar-refractivity contribution < 1.29 is 125 Å². The number of ether oxygens (including phenoxy) is 5. The SMILES string of the molecule is CC1(CN2Cc3cc(OCC#CCO)c(O)cc3C2=O)NC(=O)NC1=O.CC1(CN2Cc3ccccc3C2=O)NC(=O)NC1=O.CC1(CN2Cc3ccccc3C2=O)NC(=O)NC1=O.COc1ccc2c(c1)C(=O)N(CC1(C)NC(=O)NC1=O)C2.COc1ccc2c(c1)CN(CC1(c3ccc(O)cc3)NC(=O)NC1=O)C2=O.COc1ccc2c(c1)CN(CC1(c3ccc(OC(C)C)cc3)NC(=O)NC1=O)C2=O. The molecule has 12 aliphatic heterocycles. The van der Waals surface area contributed by atoms with Crippen LogP contribution in [0.1, 0.15) is 148 Å². The van der Waals surface area contributed by atoms with Gasteiger partial charge in [-0.3, -0.25) is 89.4 Å². The lowest BCUT2D eigenvalue weighted by molar-refractivity contribution is -0.125. The lowest BCUT2D eigenvalue weighted by Gasteiger charge is -2.31. The third kappa shape index (κ3) is 20.1. The molecule has 142 heavy (non-hydrogen) atoms. The van der Waals surface area contributed by atoms with Gasteiger partial charge in [-0.25, -0.2) is 28.8 Å². The Hall–Kier alpha value is -17.7. The van der Waals surface area contributed by atoms with Gasteiger partial charge in [0.05, 0.1) is 66.7 Å². The number of hydrogen-bond acceptors (Lipinski definition) is 26. The van der Waals surface area contributed by atoms with Crippen molar-refractivity contribution in [1.29, 1.82) is 0 Å². The molecule has 6 unspecified atom stereocenters. The molecule has 44 heteroatoms. The van der Waals surface area contributed by atoms with E-state index in [1.54, 1.807) is 159 Å². The van der Waals surface area contributed by atoms with Crippen molar-refractivity contribution >= 4 is 107 Å². The first kappa shape index (κ1) is 98.8. The number of imide groups is 6. The molecule has 44 nitrogen and oxygen atoms in total. The molecule has 6 fully saturated rings. The number of carbonyl (C=O) groups is 18. The highest BCUT2D eigenvalue weighted by molar-refractivity contribution is 6.13. The van der Waals surface area contributed by atoms with Gasteiger partial charge in [0, 0.05) is 72.6 Å². The van der Waals surface area contributed by atoms with E-state index in [0.717, 1.165) is 27.8 Å². The van der Waals surface area contributed by atoms with E-state index in [9.17, 15) is 96.5 Å². The molecule has 6 atom stereocenters. The van der Waals surface area contributed by atoms with Crippen molar-refractivity contribution in [2.24, 2.45) is 0 Å². The average molecular weight is 1940 g/mol. The van der Waals surface area contributed by atoms with Gasteiger partial charge < -0.3 is 100 Å². The van der Waals surface area contributed by atoms with Gasteiger partial charge in [-0.05, 0) is 183 Å². The summed E-state index contributed by atoms with van der Waals surface area (Å²) in [6, 6.07) is 42.9. The van der Waals surface area contributed by atoms with Crippen LogP contribution in [0, 0.1) is 11.8 Å². The summed E-state index contributed by atoms with van der Waals surface area (Å²) in [6.45, 7) is 12.5. The second kappa shape index (κ2) is 39.4. The minimum Gasteiger partial charge on any atom is -0.508 e. The number of fused-ring (bicyclic) bond motifs is 6. The summed E-state index contributed by atoms with van der Waals surface area (Å²) in [5.74, 6) is 3.65. The molecular formula is C98H98N18O26. The largest absolute Gasteiger partial charge is 0.508 e. The van der Waals surface area contributed by atoms with E-state index in [2.05, 4.69) is 75.6 Å². The number of phenols is 2. The van der Waals surface area contributed by atoms with Crippen LogP contribution in [-0.2, 0) is 79.1 Å². The van der Waals surface area contributed by atoms with E-state index in [-0.39, 0.29) is 118 Å². The molecule has 0 spiro atoms. The summed E-state index contributed by atoms with van der Waals surface area (Å²) in [5.41, 5.74) is 2.15. The van der Waals surface area contributed by atoms with Crippen LogP contribution in [0.25, 0.3) is 0 Å². The van der Waals surface area contributed by atoms with E-state index >= 15 is 0 Å². The smallest absolute Gasteiger partial charge is 0.322 e. The fraction of sp³-hybridized carbons (Fsp3) is 0.306. The molecule has 8 aromatic carbocycles. The normalized spacial score (nSPS) is 22.4. The Morgan fingerprint density at radius 3 is 0.972 bits per heavy atom. The van der Waals surface area contributed by atoms with Crippen LogP contribution in [0.5, 0.6) is 40.2 Å². The Kier molecular flexibility index (Phi) is 27.5. The highest BCUT2D eigenvalue weighted by atomic mass is 16.5. The van der Waals surface area contributed by atoms with Crippen LogP contribution in [0.4, 0.5) is 28.8 Å². The number of phenolic OH excluding ortho intramolecular Hbond substituents is 2. The van der Waals surface area contributed by atoms with Crippen molar-refractivity contribution in [2.45, 2.75) is 120 Å². The maximum Gasteiger partial charge on any atom is 0.322 e. The van der Waals surface area contributed by atoms with Gasteiger partial charge in [0.1, 0.15) is 64.1 Å². The first-order valence-electron chi connectivity index (χ1n) is 44.4. The number of aromatic hydroxyl groups is 2. The van der Waals surface area contributed by atoms with Gasteiger partial charge in [-0.15, -0.1) is 0 Å². The number of aliphatic hydroxyl groups is 1. The zero-order valence-corrected chi connectivity index (χ0v) is 78.0. The van der Waals surface area contributed by atoms with E-state index in [0.29, 0.717) is 106 Å². The average Bonchev–Trinajstić information content (AvgIpc) is 1.60. The lowest BCUT2D eigenvalue weighted by Crippen LogP contribution is -2.52. The second-order valence-electron chi connectivity index (χ2n) is 36.0. The number of hydrogen-bond donors (Lipinski definition) is 15. The van der Waals surface area contributed by atoms with Gasteiger partial charge in [0.25, 0.3) is 70.9 Å². The van der Waals surface area contributed by atoms with Crippen molar-refractivity contribution in [3.63, 3.8) is 0 Å². The van der Waals surface area contributed by atoms with E-state index < -0.39 is 105 Å². The molecule has 0 radical (unpaired) electrons. The number of urea groups is 6. The fourth-order valence-electron chi connectivity index (χ4n) is 18.1. The summed E-state index contributed by atoms with van der Waals surface area (Å²) in [7, 11) is 4.66. The third-order valence-corrected chi connectivity index (χ3v) is 25.3. The zero-order valence-electron chi connectivity index (χ0n) is 78.0. The molecule has 0 bridgehead atoms. The number of rotatable bonds is 21. The van der Waals surface area contributed by atoms with E-state index in [1.807, 2.05) is 62.4 Å². The van der Waals surface area contributed by atoms with Crippen LogP contribution in [0.15, 0.2) is 164 Å². The molecular weight excluding hydrogens is 1850 g/mol. The number of aliphatic hydroxyl groups excluding tert-OH is 1. The zero-order chi connectivity index (χ0) is 102. The Morgan fingerprint density at radius 1 is 0.324 bits per heavy atom. The minimum atomic E-state index is -1.42. The molecule has 20 rings (SSSR count). The Labute approximate surface area is 809 Å². The number of carbonyl (C=O) groups excluding carboxylic acids is 18. The quantitative estimate of drug-likeness (QED) is 0.0362. The van der Waals surface area contributed by atoms with Gasteiger partial charge in [0.15, 0.2) is 22.6 Å². The van der Waals surface area contributed by atoms with Crippen LogP contribution < -0.4 is 87.5 Å². The summed E-state index contributed by atoms with van der Waals surface area (Å²) in [4.78, 5) is 226. The summed E-state index contributed by atoms with van der Waals surface area (Å²) in [6.07, 6.45) is 0.0111. The maximum absolute atomic E-state index is 12.9. The van der Waals surface area contributed by atoms with Crippen molar-refractivity contribution in [3.05, 3.63) is 242 Å². The Morgan fingerprint density at radius 2 is 0.627 bits per heavy atom. The first-order valence-corrected chi connectivity index (χ1v) is 44.4. The monoisotopic (exact) mass is 1940 g/mol. The molecule has 12 heterocycles. The van der Waals surface area contributed by atoms with Crippen molar-refractivity contribution in [2.75, 3.05) is 73.8 Å². The van der Waals surface area contributed by atoms with Crippen LogP contribution in [-0.4, -0.2) is 254 Å². The van der Waals surface area contributed by atoms with Crippen molar-refractivity contribution in [3.8, 4) is 52.1 Å². The predicted octanol–water partition coefficient (Wildman–Crippen LogP) is 3.32. The highest BCUT2D eigenvalue weighted by Gasteiger charge is 2.55. The molecule has 0 aliphatic carbocycles. The van der Waals surface area contributed by atoms with E-state index in [1.165, 1.54) is 34.9 Å². The molecule has 12 aliphatic rings. The van der Waals surface area contributed by atoms with Crippen LogP contribution in [0.3, 0.4) is 0 Å². The van der Waals surface area contributed by atoms with Gasteiger partial charge >= 0.3 is 36.2 Å². The first-order chi connectivity index (χ1) is 67.5. The molecule has 15 N–H and O–H groups in total. The topological polar surface area (TPSA) is 578 Å². The third-order valence-electron chi connectivity index (χ3n) is 25.3. The molecule has 6 saturated heterocycles. The number of benzene rings is 8. The number of nitrogens with zero attached hydrogens (tertiary/aromatic N) is 6. The Bertz CT molecular complexity index is 6600. The van der Waals surface area contributed by atoms with E-state index in [4.69, 9.17) is 28.8 Å². The summed E-state index contributed by atoms with van der Waals surface area (Å²) < 4.78 is 26.6. The van der Waals surface area contributed by atoms with Gasteiger partial charge in [0.2, 0.25) is 0 Å². The molecule has 0 saturated carbocycles. The maximum atomic E-state index is 12.9. The number of nitrogens with one attached hydrogen (secondary N) is 12. The number of amides is 24. The molecule has 24 amide bonds. The second-order valence-corrected chi connectivity index (χ2v) is 36.0. The molecule has 0 aromatic heterocycles. The molecule has 736 valence electrons. The fourth-order valence-corrected chi connectivity index (χ4v) is 18.1. The van der Waals surface area contributed by atoms with Crippen LogP contribution in [0.2, 0.25) is 0 Å². The highest BCUT2D eigenvalue weighted by Crippen LogP contribution is 2.40. The summed E-state index contributed by atoms with van der Waals surface area (Å²) >= 11 is 0. The standard InChI is InChI=1S/C22H23N3O5.C19H17N3O5.C17H17N3O6.C14H15N3O4.2C13H13N3O3/c1-13(2)30-16-6-4-15(5-7-16)22(20(27)23-21(28)24-22)12-25-11-14-10-17(29-3)8-9-18(14)19(25)26;1-27-14-6-7-15-11(8-14)9-22(16(15)24)10-19(17(25)20-18(26)21-19)12-2-4-13(23)5-3-12;1-17(15(24)18-16(25)19-17)9-20-8-10-6-13(26-5-3-2-4-21)12(22)7-11(10)14(20)23;1-14(12(19)15-13(20)16-14)7-17-6-8-3-4-9(21-2)5-10(8)11(17)18;2*1-13(11(18)14-12(19)15-13)7-16-6-8-4-2-3-5-9(8)10(16)17/h4-10,13H,11-12H2,1-3H3,(H2,23,24,27,28);2-8,23H,9-10H2,1H3,(H2,20,21,25,26);6-7,21-22H,4-5,8-9H2,1H3,(H2,18,19,24,25);3-5H,6-7H2,1-2H3,(H2,15,16,19,20);2*2-5H,6-7H2,1H3,(H2,14,15,18,19). The van der Waals surface area contributed by atoms with Gasteiger partial charge in [-0.2, -0.15) is 0 Å².